The van der Waals surface area contributed by atoms with Crippen LogP contribution in [0.2, 0.25) is 0 Å². The summed E-state index contributed by atoms with van der Waals surface area (Å²) in [7, 11) is 0. The van der Waals surface area contributed by atoms with Crippen molar-refractivity contribution in [3.05, 3.63) is 95.1 Å². The van der Waals surface area contributed by atoms with Crippen LogP contribution in [0.4, 0.5) is 37.7 Å². The van der Waals surface area contributed by atoms with Gasteiger partial charge in [-0.15, -0.1) is 0 Å². The van der Waals surface area contributed by atoms with Gasteiger partial charge in [-0.25, -0.2) is 0 Å². The topological polar surface area (TPSA) is 114 Å². The Morgan fingerprint density at radius 2 is 0.949 bits per heavy atom. The molecule has 4 aromatic rings. The maximum Gasteiger partial charge on any atom is 0.418 e. The fourth-order valence-electron chi connectivity index (χ4n) is 7.43. The Morgan fingerprint density at radius 1 is 0.610 bits per heavy atom. The van der Waals surface area contributed by atoms with E-state index in [9.17, 15) is 9.59 Å². The highest BCUT2D eigenvalue weighted by atomic mass is 19.4. The molecule has 316 valence electrons. The highest BCUT2D eigenvalue weighted by Crippen LogP contribution is 2.51. The third-order valence-electron chi connectivity index (χ3n) is 10.7. The number of halogens is 6. The Hall–Kier alpha value is -5.20. The Kier molecular flexibility index (Phi) is 12.9. The van der Waals surface area contributed by atoms with Crippen molar-refractivity contribution in [1.82, 2.24) is 0 Å². The molecule has 2 aliphatic rings. The number of benzene rings is 4. The smallest absolute Gasteiger partial charge is 0.418 e. The summed E-state index contributed by atoms with van der Waals surface area (Å²) in [6.45, 7) is 7.02. The lowest BCUT2D eigenvalue weighted by molar-refractivity contribution is -0.162. The van der Waals surface area contributed by atoms with E-state index < -0.39 is 81.6 Å². The number of ether oxygens (including phenoxy) is 3. The van der Waals surface area contributed by atoms with Crippen LogP contribution in [0.25, 0.3) is 22.3 Å². The number of nitrogen functional groups attached to an aromatic ring is 2. The summed E-state index contributed by atoms with van der Waals surface area (Å²) in [5.74, 6) is -6.96. The van der Waals surface area contributed by atoms with Crippen molar-refractivity contribution >= 4 is 23.3 Å². The second-order valence-electron chi connectivity index (χ2n) is 16.6. The molecule has 7 nitrogen and oxygen atoms in total. The molecule has 59 heavy (non-hydrogen) atoms. The van der Waals surface area contributed by atoms with E-state index in [0.29, 0.717) is 11.1 Å². The molecule has 0 saturated heterocycles. The van der Waals surface area contributed by atoms with Crippen molar-refractivity contribution in [1.29, 1.82) is 0 Å². The zero-order valence-electron chi connectivity index (χ0n) is 33.5. The molecule has 6 rings (SSSR count). The first-order valence-corrected chi connectivity index (χ1v) is 20.0. The van der Waals surface area contributed by atoms with Crippen molar-refractivity contribution in [2.75, 3.05) is 24.7 Å². The van der Waals surface area contributed by atoms with Crippen LogP contribution in [0, 0.1) is 23.7 Å². The molecule has 4 N–H and O–H groups in total. The van der Waals surface area contributed by atoms with E-state index in [1.165, 1.54) is 12.1 Å². The molecule has 4 aromatic carbocycles. The zero-order valence-corrected chi connectivity index (χ0v) is 33.5. The molecular weight excluding hydrogens is 775 g/mol. The van der Waals surface area contributed by atoms with Crippen LogP contribution in [0.5, 0.6) is 11.5 Å². The standard InChI is InChI=1S/C46H50F6N2O5/c1-25(2)19-35(33-21-31(29-11-7-5-8-12-29)41(57-23-27-15-16-27)39(53)37(33)45(47,48)49)43(55)59-44(56)36(20-26(3)4)34-22-32(30-13-9-6-10-14-30)42(58-24-28-17-18-28)40(54)38(34)46(50,51)52/h5-14,21-22,25-28,35-36H,15-20,23-24,53-54H2,1-4H3. The maximum absolute atomic E-state index is 15.2. The SMILES string of the molecule is CC(C)CC(C(=O)OC(=O)C(CC(C)C)c1cc(-c2ccccc2)c(OCC2CC2)c(N)c1C(F)(F)F)c1cc(-c2ccccc2)c(OCC2CC2)c(N)c1C(F)(F)F. The van der Waals surface area contributed by atoms with Crippen molar-refractivity contribution in [3.8, 4) is 33.8 Å². The predicted molar refractivity (Wildman–Crippen MR) is 215 cm³/mol. The quantitative estimate of drug-likeness (QED) is 0.0500. The van der Waals surface area contributed by atoms with E-state index in [1.807, 2.05) is 0 Å². The molecule has 2 atom stereocenters. The van der Waals surface area contributed by atoms with Crippen LogP contribution >= 0.6 is 0 Å². The van der Waals surface area contributed by atoms with Crippen molar-refractivity contribution in [2.45, 2.75) is 90.4 Å². The van der Waals surface area contributed by atoms with Crippen LogP contribution in [0.3, 0.4) is 0 Å². The van der Waals surface area contributed by atoms with Crippen LogP contribution in [0.1, 0.15) is 100 Å². The number of anilines is 2. The summed E-state index contributed by atoms with van der Waals surface area (Å²) in [4.78, 5) is 28.7. The molecule has 0 aromatic heterocycles. The molecule has 0 heterocycles. The normalized spacial score (nSPS) is 15.6. The third kappa shape index (κ3) is 10.3. The number of carbonyl (C=O) groups is 2. The van der Waals surface area contributed by atoms with Crippen LogP contribution in [-0.4, -0.2) is 25.2 Å². The fourth-order valence-corrected chi connectivity index (χ4v) is 7.43. The average molecular weight is 825 g/mol. The number of esters is 2. The Morgan fingerprint density at radius 3 is 1.24 bits per heavy atom. The first-order valence-electron chi connectivity index (χ1n) is 20.0. The van der Waals surface area contributed by atoms with Gasteiger partial charge in [-0.05, 0) is 96.6 Å². The van der Waals surface area contributed by atoms with Gasteiger partial charge < -0.3 is 25.7 Å². The molecule has 13 heteroatoms. The highest BCUT2D eigenvalue weighted by Gasteiger charge is 2.45. The minimum Gasteiger partial charge on any atom is -0.490 e. The Bertz CT molecular complexity index is 1980. The van der Waals surface area contributed by atoms with Gasteiger partial charge in [0.1, 0.15) is 0 Å². The Labute approximate surface area is 340 Å². The molecule has 0 aliphatic heterocycles. The molecule has 0 radical (unpaired) electrons. The molecular formula is C46H50F6N2O5. The van der Waals surface area contributed by atoms with E-state index in [2.05, 4.69) is 0 Å². The molecule has 0 spiro atoms. The molecule has 2 fully saturated rings. The Balaban J connectivity index is 1.47. The second-order valence-corrected chi connectivity index (χ2v) is 16.6. The van der Waals surface area contributed by atoms with Gasteiger partial charge in [0.25, 0.3) is 0 Å². The lowest BCUT2D eigenvalue weighted by Gasteiger charge is -2.28. The first kappa shape index (κ1) is 43.4. The average Bonchev–Trinajstić information content (AvgIpc) is 4.10. The largest absolute Gasteiger partial charge is 0.490 e. The predicted octanol–water partition coefficient (Wildman–Crippen LogP) is 11.8. The highest BCUT2D eigenvalue weighted by molar-refractivity contribution is 5.95. The van der Waals surface area contributed by atoms with Crippen LogP contribution in [-0.2, 0) is 26.7 Å². The minimum absolute atomic E-state index is 0.147. The maximum atomic E-state index is 15.2. The molecule has 0 amide bonds. The second kappa shape index (κ2) is 17.6. The fraction of sp³-hybridized carbons (Fsp3) is 0.435. The number of hydrogen-bond acceptors (Lipinski definition) is 7. The van der Waals surface area contributed by atoms with Gasteiger partial charge in [0, 0.05) is 11.1 Å². The van der Waals surface area contributed by atoms with Gasteiger partial charge in [-0.1, -0.05) is 88.4 Å². The number of alkyl halides is 6. The summed E-state index contributed by atoms with van der Waals surface area (Å²) < 4.78 is 108. The van der Waals surface area contributed by atoms with Gasteiger partial charge in [0.15, 0.2) is 11.5 Å². The van der Waals surface area contributed by atoms with Gasteiger partial charge in [-0.3, -0.25) is 9.59 Å². The van der Waals surface area contributed by atoms with E-state index in [-0.39, 0.29) is 60.5 Å². The van der Waals surface area contributed by atoms with E-state index >= 15 is 26.3 Å². The van der Waals surface area contributed by atoms with Gasteiger partial charge in [0.2, 0.25) is 0 Å². The molecule has 2 unspecified atom stereocenters. The summed E-state index contributed by atoms with van der Waals surface area (Å²) in [5.41, 5.74) is 8.95. The van der Waals surface area contributed by atoms with Gasteiger partial charge in [0.05, 0.1) is 47.6 Å². The monoisotopic (exact) mass is 824 g/mol. The summed E-state index contributed by atoms with van der Waals surface area (Å²) in [5, 5.41) is 0. The summed E-state index contributed by atoms with van der Waals surface area (Å²) in [6.07, 6.45) is -7.14. The number of nitrogens with two attached hydrogens (primary N) is 2. The summed E-state index contributed by atoms with van der Waals surface area (Å²) in [6, 6.07) is 19.3. The molecule has 2 aliphatic carbocycles. The lowest BCUT2D eigenvalue weighted by Crippen LogP contribution is -2.29. The minimum atomic E-state index is -5.08. The van der Waals surface area contributed by atoms with E-state index in [0.717, 1.165) is 25.7 Å². The number of hydrogen-bond donors (Lipinski definition) is 2. The third-order valence-corrected chi connectivity index (χ3v) is 10.7. The number of carbonyl (C=O) groups excluding carboxylic acids is 2. The first-order chi connectivity index (χ1) is 27.8. The molecule has 2 saturated carbocycles. The van der Waals surface area contributed by atoms with Crippen molar-refractivity contribution in [2.24, 2.45) is 23.7 Å². The van der Waals surface area contributed by atoms with Gasteiger partial charge in [-0.2, -0.15) is 26.3 Å². The lowest BCUT2D eigenvalue weighted by atomic mass is 9.83. The number of rotatable bonds is 16. The zero-order chi connectivity index (χ0) is 42.8. The van der Waals surface area contributed by atoms with Crippen LogP contribution < -0.4 is 20.9 Å². The van der Waals surface area contributed by atoms with E-state index in [1.54, 1.807) is 88.4 Å². The van der Waals surface area contributed by atoms with Crippen molar-refractivity contribution < 1.29 is 50.1 Å². The molecule has 0 bridgehead atoms. The van der Waals surface area contributed by atoms with Crippen molar-refractivity contribution in [3.63, 3.8) is 0 Å². The van der Waals surface area contributed by atoms with E-state index in [4.69, 9.17) is 25.7 Å². The summed E-state index contributed by atoms with van der Waals surface area (Å²) >= 11 is 0. The van der Waals surface area contributed by atoms with Gasteiger partial charge >= 0.3 is 24.3 Å². The van der Waals surface area contributed by atoms with Crippen LogP contribution in [0.15, 0.2) is 72.8 Å².